The van der Waals surface area contributed by atoms with Gasteiger partial charge in [-0.05, 0) is 61.7 Å². The van der Waals surface area contributed by atoms with Gasteiger partial charge in [0.1, 0.15) is 0 Å². The Morgan fingerprint density at radius 3 is 1.43 bits per heavy atom. The third-order valence-corrected chi connectivity index (χ3v) is 10.2. The SMILES string of the molecule is CC1(C)c2ccccc2-c2c(-c3ccc(-c4nc(-c5ccccc5)nc(-c5ccc(-c6ccccc6)cc5)n4)cc3-c3ccccc3)cccc21. The highest BCUT2D eigenvalue weighted by Gasteiger charge is 2.36. The van der Waals surface area contributed by atoms with Gasteiger partial charge in [-0.2, -0.15) is 0 Å². The molecule has 0 unspecified atom stereocenters. The molecule has 0 N–H and O–H groups in total. The molecule has 242 valence electrons. The van der Waals surface area contributed by atoms with E-state index in [1.54, 1.807) is 0 Å². The molecule has 0 atom stereocenters. The van der Waals surface area contributed by atoms with Gasteiger partial charge in [0.2, 0.25) is 0 Å². The van der Waals surface area contributed by atoms with E-state index in [-0.39, 0.29) is 5.41 Å². The lowest BCUT2D eigenvalue weighted by molar-refractivity contribution is 0.660. The summed E-state index contributed by atoms with van der Waals surface area (Å²) < 4.78 is 0. The molecule has 8 aromatic rings. The van der Waals surface area contributed by atoms with E-state index in [1.807, 2.05) is 24.3 Å². The van der Waals surface area contributed by atoms with E-state index in [0.717, 1.165) is 33.4 Å². The Morgan fingerprint density at radius 2 is 0.765 bits per heavy atom. The fourth-order valence-electron chi connectivity index (χ4n) is 7.55. The molecule has 3 nitrogen and oxygen atoms in total. The lowest BCUT2D eigenvalue weighted by Crippen LogP contribution is -2.14. The molecule has 0 bridgehead atoms. The first kappa shape index (κ1) is 30.6. The molecule has 51 heavy (non-hydrogen) atoms. The zero-order chi connectivity index (χ0) is 34.4. The fourth-order valence-corrected chi connectivity index (χ4v) is 7.55. The van der Waals surface area contributed by atoms with Crippen molar-refractivity contribution in [1.82, 2.24) is 15.0 Å². The number of benzene rings is 7. The summed E-state index contributed by atoms with van der Waals surface area (Å²) in [6.07, 6.45) is 0. The highest BCUT2D eigenvalue weighted by atomic mass is 15.0. The third-order valence-electron chi connectivity index (χ3n) is 10.2. The van der Waals surface area contributed by atoms with Gasteiger partial charge < -0.3 is 0 Å². The second-order valence-corrected chi connectivity index (χ2v) is 13.6. The molecular weight excluding hydrogens is 619 g/mol. The number of hydrogen-bond acceptors (Lipinski definition) is 3. The van der Waals surface area contributed by atoms with E-state index in [9.17, 15) is 0 Å². The number of aromatic nitrogens is 3. The smallest absolute Gasteiger partial charge is 0.164 e. The van der Waals surface area contributed by atoms with Crippen molar-refractivity contribution in [1.29, 1.82) is 0 Å². The van der Waals surface area contributed by atoms with Gasteiger partial charge in [-0.25, -0.2) is 15.0 Å². The summed E-state index contributed by atoms with van der Waals surface area (Å²) in [7, 11) is 0. The van der Waals surface area contributed by atoms with Crippen LogP contribution in [0.25, 0.3) is 78.7 Å². The van der Waals surface area contributed by atoms with Crippen LogP contribution in [0.2, 0.25) is 0 Å². The van der Waals surface area contributed by atoms with Crippen LogP contribution in [0.5, 0.6) is 0 Å². The van der Waals surface area contributed by atoms with Crippen LogP contribution in [0.1, 0.15) is 25.0 Å². The number of hydrogen-bond donors (Lipinski definition) is 0. The summed E-state index contributed by atoms with van der Waals surface area (Å²) in [5.41, 5.74) is 15.1. The van der Waals surface area contributed by atoms with Gasteiger partial charge in [0.05, 0.1) is 0 Å². The largest absolute Gasteiger partial charge is 0.208 e. The summed E-state index contributed by atoms with van der Waals surface area (Å²) in [5.74, 6) is 1.93. The predicted octanol–water partition coefficient (Wildman–Crippen LogP) is 12.2. The van der Waals surface area contributed by atoms with Gasteiger partial charge in [-0.15, -0.1) is 0 Å². The number of fused-ring (bicyclic) bond motifs is 3. The van der Waals surface area contributed by atoms with Crippen molar-refractivity contribution in [2.75, 3.05) is 0 Å². The Balaban J connectivity index is 1.22. The summed E-state index contributed by atoms with van der Waals surface area (Å²) in [5, 5.41) is 0. The Kier molecular flexibility index (Phi) is 7.48. The Bertz CT molecular complexity index is 2520. The molecule has 0 saturated heterocycles. The third kappa shape index (κ3) is 5.44. The quantitative estimate of drug-likeness (QED) is 0.179. The first-order valence-electron chi connectivity index (χ1n) is 17.5. The van der Waals surface area contributed by atoms with E-state index < -0.39 is 0 Å². The maximum absolute atomic E-state index is 5.12. The zero-order valence-corrected chi connectivity index (χ0v) is 28.6. The Morgan fingerprint density at radius 1 is 0.314 bits per heavy atom. The molecule has 9 rings (SSSR count). The lowest BCUT2D eigenvalue weighted by atomic mass is 9.81. The Labute approximate surface area is 299 Å². The second kappa shape index (κ2) is 12.5. The zero-order valence-electron chi connectivity index (χ0n) is 28.6. The molecule has 1 aliphatic rings. The van der Waals surface area contributed by atoms with E-state index in [1.165, 1.54) is 38.9 Å². The van der Waals surface area contributed by atoms with Gasteiger partial charge >= 0.3 is 0 Å². The highest BCUT2D eigenvalue weighted by Crippen LogP contribution is 2.53. The first-order chi connectivity index (χ1) is 25.0. The normalized spacial score (nSPS) is 12.7. The van der Waals surface area contributed by atoms with Crippen molar-refractivity contribution in [3.8, 4) is 78.7 Å². The molecule has 0 aliphatic heterocycles. The minimum absolute atomic E-state index is 0.0802. The fraction of sp³-hybridized carbons (Fsp3) is 0.0625. The van der Waals surface area contributed by atoms with Gasteiger partial charge in [-0.3, -0.25) is 0 Å². The van der Waals surface area contributed by atoms with Gasteiger partial charge in [0.25, 0.3) is 0 Å². The molecule has 0 radical (unpaired) electrons. The highest BCUT2D eigenvalue weighted by molar-refractivity contribution is 5.97. The van der Waals surface area contributed by atoms with Gasteiger partial charge in [0.15, 0.2) is 17.5 Å². The number of nitrogens with zero attached hydrogens (tertiary/aromatic N) is 3. The van der Waals surface area contributed by atoms with Crippen LogP contribution >= 0.6 is 0 Å². The van der Waals surface area contributed by atoms with Gasteiger partial charge in [0, 0.05) is 22.1 Å². The van der Waals surface area contributed by atoms with Gasteiger partial charge in [-0.1, -0.05) is 184 Å². The van der Waals surface area contributed by atoms with Crippen molar-refractivity contribution in [2.24, 2.45) is 0 Å². The second-order valence-electron chi connectivity index (χ2n) is 13.6. The average molecular weight is 654 g/mol. The first-order valence-corrected chi connectivity index (χ1v) is 17.5. The molecule has 1 aromatic heterocycles. The van der Waals surface area contributed by atoms with Crippen LogP contribution in [-0.2, 0) is 5.41 Å². The lowest BCUT2D eigenvalue weighted by Gasteiger charge is -2.22. The minimum Gasteiger partial charge on any atom is -0.208 e. The maximum atomic E-state index is 5.12. The van der Waals surface area contributed by atoms with E-state index in [4.69, 9.17) is 15.0 Å². The van der Waals surface area contributed by atoms with Crippen LogP contribution in [0, 0.1) is 0 Å². The summed E-state index contributed by atoms with van der Waals surface area (Å²) in [4.78, 5) is 15.2. The summed E-state index contributed by atoms with van der Waals surface area (Å²) in [6, 6.07) is 62.0. The molecule has 1 aliphatic carbocycles. The molecular formula is C48H35N3. The summed E-state index contributed by atoms with van der Waals surface area (Å²) >= 11 is 0. The van der Waals surface area contributed by atoms with Crippen molar-refractivity contribution in [3.05, 3.63) is 187 Å². The van der Waals surface area contributed by atoms with Crippen LogP contribution in [-0.4, -0.2) is 15.0 Å². The number of rotatable bonds is 6. The molecule has 0 fully saturated rings. The van der Waals surface area contributed by atoms with Crippen LogP contribution < -0.4 is 0 Å². The van der Waals surface area contributed by atoms with Crippen molar-refractivity contribution >= 4 is 0 Å². The predicted molar refractivity (Wildman–Crippen MR) is 210 cm³/mol. The van der Waals surface area contributed by atoms with Crippen molar-refractivity contribution < 1.29 is 0 Å². The molecule has 0 saturated carbocycles. The minimum atomic E-state index is -0.0802. The Hall–Kier alpha value is -6.45. The van der Waals surface area contributed by atoms with Crippen LogP contribution in [0.3, 0.4) is 0 Å². The van der Waals surface area contributed by atoms with E-state index in [2.05, 4.69) is 166 Å². The monoisotopic (exact) mass is 653 g/mol. The van der Waals surface area contributed by atoms with Crippen LogP contribution in [0.4, 0.5) is 0 Å². The molecule has 3 heteroatoms. The molecule has 7 aromatic carbocycles. The van der Waals surface area contributed by atoms with E-state index in [0.29, 0.717) is 17.5 Å². The van der Waals surface area contributed by atoms with Crippen molar-refractivity contribution in [3.63, 3.8) is 0 Å². The molecule has 1 heterocycles. The van der Waals surface area contributed by atoms with Crippen LogP contribution in [0.15, 0.2) is 176 Å². The standard InChI is InChI=1S/C48H35N3/c1-48(2)42-23-13-12-21-40(42)44-39(22-14-24-43(44)48)38-30-29-37(31-41(38)34-17-8-4-9-18-34)47-50-45(35-19-10-5-11-20-35)49-46(51-47)36-27-25-33(26-28-36)32-15-6-3-7-16-32/h3-31H,1-2H3. The van der Waals surface area contributed by atoms with E-state index >= 15 is 0 Å². The molecule has 0 amide bonds. The average Bonchev–Trinajstić information content (AvgIpc) is 3.44. The van der Waals surface area contributed by atoms with Crippen molar-refractivity contribution in [2.45, 2.75) is 19.3 Å². The molecule has 0 spiro atoms. The maximum Gasteiger partial charge on any atom is 0.164 e. The summed E-state index contributed by atoms with van der Waals surface area (Å²) in [6.45, 7) is 4.67. The topological polar surface area (TPSA) is 38.7 Å².